The number of likely N-dealkylation sites (tertiary alicyclic amines) is 1. The van der Waals surface area contributed by atoms with Crippen LogP contribution in [0.3, 0.4) is 0 Å². The lowest BCUT2D eigenvalue weighted by Gasteiger charge is -2.28. The molecule has 1 aromatic rings. The number of carboxylic acid groups (broad SMARTS) is 1. The number of carbonyl (C=O) groups is 2. The molecule has 0 aliphatic carbocycles. The lowest BCUT2D eigenvalue weighted by molar-refractivity contribution is -0.151. The zero-order valence-corrected chi connectivity index (χ0v) is 13.8. The summed E-state index contributed by atoms with van der Waals surface area (Å²) in [4.78, 5) is 25.9. The number of aryl methyl sites for hydroxylation is 2. The van der Waals surface area contributed by atoms with Crippen molar-refractivity contribution in [3.05, 3.63) is 34.9 Å². The van der Waals surface area contributed by atoms with Gasteiger partial charge in [0.25, 0.3) is 0 Å². The van der Waals surface area contributed by atoms with Gasteiger partial charge in [-0.1, -0.05) is 37.6 Å². The van der Waals surface area contributed by atoms with Crippen molar-refractivity contribution < 1.29 is 14.7 Å². The molecule has 120 valence electrons. The monoisotopic (exact) mass is 303 g/mol. The quantitative estimate of drug-likeness (QED) is 0.930. The van der Waals surface area contributed by atoms with Gasteiger partial charge in [-0.05, 0) is 37.3 Å². The van der Waals surface area contributed by atoms with E-state index in [0.29, 0.717) is 25.9 Å². The minimum atomic E-state index is -0.794. The van der Waals surface area contributed by atoms with Gasteiger partial charge in [0.05, 0.1) is 11.8 Å². The molecule has 1 fully saturated rings. The predicted molar refractivity (Wildman–Crippen MR) is 85.7 cm³/mol. The van der Waals surface area contributed by atoms with Crippen molar-refractivity contribution in [1.82, 2.24) is 4.90 Å². The summed E-state index contributed by atoms with van der Waals surface area (Å²) in [5.74, 6) is -0.745. The summed E-state index contributed by atoms with van der Waals surface area (Å²) in [6, 6.07) is 6.10. The summed E-state index contributed by atoms with van der Waals surface area (Å²) in [7, 11) is 0. The standard InChI is InChI=1S/C18H25NO3/c1-12(2)18(17(21)22)7-8-19(11-18)16(20)10-15-9-13(3)5-6-14(15)4/h5-6,9,12H,7-8,10-11H2,1-4H3,(H,21,22). The van der Waals surface area contributed by atoms with Crippen molar-refractivity contribution in [1.29, 1.82) is 0 Å². The first kappa shape index (κ1) is 16.5. The van der Waals surface area contributed by atoms with Crippen molar-refractivity contribution >= 4 is 11.9 Å². The summed E-state index contributed by atoms with van der Waals surface area (Å²) < 4.78 is 0. The summed E-state index contributed by atoms with van der Waals surface area (Å²) in [5, 5.41) is 9.57. The van der Waals surface area contributed by atoms with Crippen LogP contribution in [0, 0.1) is 25.2 Å². The molecule has 1 aromatic carbocycles. The van der Waals surface area contributed by atoms with Crippen molar-refractivity contribution in [2.24, 2.45) is 11.3 Å². The molecule has 22 heavy (non-hydrogen) atoms. The highest BCUT2D eigenvalue weighted by Crippen LogP contribution is 2.38. The molecule has 0 radical (unpaired) electrons. The summed E-state index contributed by atoms with van der Waals surface area (Å²) in [6.07, 6.45) is 0.889. The van der Waals surface area contributed by atoms with Gasteiger partial charge in [-0.2, -0.15) is 0 Å². The number of aliphatic carboxylic acids is 1. The van der Waals surface area contributed by atoms with Crippen LogP contribution < -0.4 is 0 Å². The second-order valence-corrected chi connectivity index (χ2v) is 6.79. The van der Waals surface area contributed by atoms with E-state index in [-0.39, 0.29) is 11.8 Å². The van der Waals surface area contributed by atoms with Gasteiger partial charge in [0, 0.05) is 13.1 Å². The highest BCUT2D eigenvalue weighted by Gasteiger charge is 2.48. The van der Waals surface area contributed by atoms with Crippen molar-refractivity contribution in [3.63, 3.8) is 0 Å². The molecule has 1 aliphatic rings. The van der Waals surface area contributed by atoms with Gasteiger partial charge < -0.3 is 10.0 Å². The second kappa shape index (κ2) is 6.11. The zero-order chi connectivity index (χ0) is 16.5. The molecule has 4 heteroatoms. The maximum atomic E-state index is 12.5. The van der Waals surface area contributed by atoms with Crippen LogP contribution in [-0.2, 0) is 16.0 Å². The van der Waals surface area contributed by atoms with Crippen molar-refractivity contribution in [3.8, 4) is 0 Å². The molecule has 0 bridgehead atoms. The molecule has 1 N–H and O–H groups in total. The Morgan fingerprint density at radius 3 is 2.55 bits per heavy atom. The minimum Gasteiger partial charge on any atom is -0.481 e. The Labute approximate surface area is 132 Å². The number of benzene rings is 1. The summed E-state index contributed by atoms with van der Waals surface area (Å²) >= 11 is 0. The van der Waals surface area contributed by atoms with Crippen LogP contribution in [0.25, 0.3) is 0 Å². The van der Waals surface area contributed by atoms with Crippen LogP contribution in [0.4, 0.5) is 0 Å². The third-order valence-electron chi connectivity index (χ3n) is 5.03. The lowest BCUT2D eigenvalue weighted by atomic mass is 9.76. The third kappa shape index (κ3) is 3.01. The van der Waals surface area contributed by atoms with E-state index in [4.69, 9.17) is 0 Å². The topological polar surface area (TPSA) is 57.6 Å². The minimum absolute atomic E-state index is 0.0171. The van der Waals surface area contributed by atoms with Crippen LogP contribution in [-0.4, -0.2) is 35.0 Å². The number of hydrogen-bond donors (Lipinski definition) is 1. The van der Waals surface area contributed by atoms with Gasteiger partial charge in [0.2, 0.25) is 5.91 Å². The highest BCUT2D eigenvalue weighted by molar-refractivity contribution is 5.82. The molecular formula is C18H25NO3. The maximum absolute atomic E-state index is 12.5. The van der Waals surface area contributed by atoms with Gasteiger partial charge in [0.15, 0.2) is 0 Å². The van der Waals surface area contributed by atoms with E-state index >= 15 is 0 Å². The SMILES string of the molecule is Cc1ccc(C)c(CC(=O)N2CCC(C(=O)O)(C(C)C)C2)c1. The largest absolute Gasteiger partial charge is 0.481 e. The molecule has 1 saturated heterocycles. The molecule has 1 heterocycles. The third-order valence-corrected chi connectivity index (χ3v) is 5.03. The van der Waals surface area contributed by atoms with Gasteiger partial charge in [-0.15, -0.1) is 0 Å². The normalized spacial score (nSPS) is 21.4. The van der Waals surface area contributed by atoms with Crippen LogP contribution in [0.15, 0.2) is 18.2 Å². The van der Waals surface area contributed by atoms with Crippen molar-refractivity contribution in [2.75, 3.05) is 13.1 Å². The molecule has 0 spiro atoms. The zero-order valence-electron chi connectivity index (χ0n) is 13.8. The van der Waals surface area contributed by atoms with E-state index in [0.717, 1.165) is 16.7 Å². The molecule has 1 aliphatic heterocycles. The molecule has 4 nitrogen and oxygen atoms in total. The summed E-state index contributed by atoms with van der Waals surface area (Å²) in [6.45, 7) is 8.72. The molecule has 2 rings (SSSR count). The number of amides is 1. The average Bonchev–Trinajstić information content (AvgIpc) is 2.89. The Balaban J connectivity index is 2.12. The van der Waals surface area contributed by atoms with Gasteiger partial charge in [-0.3, -0.25) is 9.59 Å². The Kier molecular flexibility index (Phi) is 4.59. The Morgan fingerprint density at radius 1 is 1.32 bits per heavy atom. The fraction of sp³-hybridized carbons (Fsp3) is 0.556. The Bertz CT molecular complexity index is 594. The number of rotatable bonds is 4. The van der Waals surface area contributed by atoms with Crippen LogP contribution in [0.2, 0.25) is 0 Å². The molecule has 1 unspecified atom stereocenters. The van der Waals surface area contributed by atoms with E-state index in [9.17, 15) is 14.7 Å². The molecule has 1 atom stereocenters. The average molecular weight is 303 g/mol. The van der Waals surface area contributed by atoms with Gasteiger partial charge in [-0.25, -0.2) is 0 Å². The maximum Gasteiger partial charge on any atom is 0.311 e. The number of carbonyl (C=O) groups excluding carboxylic acids is 1. The van der Waals surface area contributed by atoms with E-state index in [1.807, 2.05) is 45.9 Å². The first-order chi connectivity index (χ1) is 10.3. The lowest BCUT2D eigenvalue weighted by Crippen LogP contribution is -2.41. The number of nitrogens with zero attached hydrogens (tertiary/aromatic N) is 1. The second-order valence-electron chi connectivity index (χ2n) is 6.79. The molecular weight excluding hydrogens is 278 g/mol. The fourth-order valence-corrected chi connectivity index (χ4v) is 3.20. The smallest absolute Gasteiger partial charge is 0.311 e. The van der Waals surface area contributed by atoms with Crippen LogP contribution in [0.5, 0.6) is 0 Å². The number of hydrogen-bond acceptors (Lipinski definition) is 2. The first-order valence-electron chi connectivity index (χ1n) is 7.83. The highest BCUT2D eigenvalue weighted by atomic mass is 16.4. The van der Waals surface area contributed by atoms with Crippen LogP contribution >= 0.6 is 0 Å². The van der Waals surface area contributed by atoms with E-state index < -0.39 is 11.4 Å². The summed E-state index contributed by atoms with van der Waals surface area (Å²) in [5.41, 5.74) is 2.47. The first-order valence-corrected chi connectivity index (χ1v) is 7.83. The molecule has 0 aromatic heterocycles. The molecule has 1 amide bonds. The van der Waals surface area contributed by atoms with E-state index in [1.54, 1.807) is 4.90 Å². The van der Waals surface area contributed by atoms with Crippen molar-refractivity contribution in [2.45, 2.75) is 40.5 Å². The van der Waals surface area contributed by atoms with Gasteiger partial charge in [0.1, 0.15) is 0 Å². The fourth-order valence-electron chi connectivity index (χ4n) is 3.20. The Hall–Kier alpha value is -1.84. The molecule has 0 saturated carbocycles. The van der Waals surface area contributed by atoms with E-state index in [2.05, 4.69) is 0 Å². The van der Waals surface area contributed by atoms with Gasteiger partial charge >= 0.3 is 5.97 Å². The van der Waals surface area contributed by atoms with E-state index in [1.165, 1.54) is 0 Å². The Morgan fingerprint density at radius 2 is 2.00 bits per heavy atom. The van der Waals surface area contributed by atoms with Crippen LogP contribution in [0.1, 0.15) is 37.0 Å². The number of carboxylic acids is 1. The predicted octanol–water partition coefficient (Wildman–Crippen LogP) is 2.81.